The number of rotatable bonds is 18. The molecule has 2 aromatic carbocycles. The van der Waals surface area contributed by atoms with Crippen molar-refractivity contribution in [2.75, 3.05) is 38.3 Å². The number of carbonyl (C=O) groups is 2. The van der Waals surface area contributed by atoms with Crippen LogP contribution in [0.1, 0.15) is 66.5 Å². The van der Waals surface area contributed by atoms with Gasteiger partial charge in [-0.1, -0.05) is 55.0 Å². The first-order chi connectivity index (χ1) is 29.4. The lowest BCUT2D eigenvalue weighted by Gasteiger charge is -2.23. The fourth-order valence-corrected chi connectivity index (χ4v) is 8.68. The summed E-state index contributed by atoms with van der Waals surface area (Å²) in [4.78, 5) is 38.5. The van der Waals surface area contributed by atoms with E-state index in [1.54, 1.807) is 45.2 Å². The summed E-state index contributed by atoms with van der Waals surface area (Å²) in [7, 11) is 0.319. The number of aryl methyl sites for hydroxylation is 2. The van der Waals surface area contributed by atoms with Crippen LogP contribution >= 0.6 is 22.7 Å². The number of aromatic carboxylic acids is 1. The molecular weight excluding hydrogens is 846 g/mol. The van der Waals surface area contributed by atoms with Gasteiger partial charge in [0.05, 0.1) is 23.4 Å². The van der Waals surface area contributed by atoms with Gasteiger partial charge in [0, 0.05) is 45.1 Å². The Labute approximate surface area is 371 Å². The maximum absolute atomic E-state index is 15.0. The van der Waals surface area contributed by atoms with Gasteiger partial charge in [0.25, 0.3) is 0 Å². The van der Waals surface area contributed by atoms with Crippen molar-refractivity contribution in [3.63, 3.8) is 0 Å². The van der Waals surface area contributed by atoms with Crippen molar-refractivity contribution in [2.45, 2.75) is 91.4 Å². The van der Waals surface area contributed by atoms with E-state index < -0.39 is 31.6 Å². The molecule has 0 bridgehead atoms. The summed E-state index contributed by atoms with van der Waals surface area (Å²) in [5, 5.41) is 19.7. The van der Waals surface area contributed by atoms with E-state index in [1.165, 1.54) is 28.4 Å². The van der Waals surface area contributed by atoms with Crippen molar-refractivity contribution < 1.29 is 33.3 Å². The van der Waals surface area contributed by atoms with E-state index in [1.807, 2.05) is 30.0 Å². The molecule has 0 radical (unpaired) electrons. The van der Waals surface area contributed by atoms with E-state index in [0.717, 1.165) is 26.6 Å². The minimum atomic E-state index is -1.26. The first-order valence-corrected chi connectivity index (χ1v) is 25.6. The van der Waals surface area contributed by atoms with E-state index in [0.29, 0.717) is 72.8 Å². The minimum absolute atomic E-state index is 0.0432. The van der Waals surface area contributed by atoms with Crippen LogP contribution in [0, 0.1) is 36.9 Å². The molecule has 0 aliphatic heterocycles. The average Bonchev–Trinajstić information content (AvgIpc) is 3.78. The van der Waals surface area contributed by atoms with Gasteiger partial charge in [0.1, 0.15) is 12.3 Å². The van der Waals surface area contributed by atoms with Gasteiger partial charge in [0.15, 0.2) is 38.8 Å². The lowest BCUT2D eigenvalue weighted by atomic mass is 10.2. The molecule has 0 fully saturated rings. The van der Waals surface area contributed by atoms with Crippen LogP contribution in [0.15, 0.2) is 53.5 Å². The molecule has 0 atom stereocenters. The Bertz CT molecular complexity index is 2540. The number of hydrogen-bond donors (Lipinski definition) is 1. The molecule has 5 aromatic rings. The molecule has 0 saturated carbocycles. The summed E-state index contributed by atoms with van der Waals surface area (Å²) in [6.07, 6.45) is 6.91. The van der Waals surface area contributed by atoms with E-state index in [-0.39, 0.29) is 24.6 Å². The number of carboxylic acid groups (broad SMARTS) is 1. The number of halogens is 1. The van der Waals surface area contributed by atoms with Crippen LogP contribution in [-0.2, 0) is 22.6 Å². The van der Waals surface area contributed by atoms with Gasteiger partial charge in [-0.3, -0.25) is 4.57 Å². The maximum atomic E-state index is 15.0. The Kier molecular flexibility index (Phi) is 16.4. The zero-order valence-electron chi connectivity index (χ0n) is 36.6. The SMILES string of the molecule is C#CCCCN(c1cc(C)c(/N=c2\sc3ccccc3n2COCC[Si](C)(C)C)nn1)c1nc(C(=O)O)c(CCCOc2ccc(C#CCN(C)C(=O)OC(C)(C)C)cc2F)s1. The van der Waals surface area contributed by atoms with Crippen molar-refractivity contribution in [1.29, 1.82) is 0 Å². The normalized spacial score (nSPS) is 11.8. The number of aromatic nitrogens is 4. The third kappa shape index (κ3) is 13.7. The molecule has 328 valence electrons. The number of amides is 1. The highest BCUT2D eigenvalue weighted by Gasteiger charge is 2.24. The van der Waals surface area contributed by atoms with Crippen LogP contribution < -0.4 is 14.4 Å². The molecule has 1 amide bonds. The Morgan fingerprint density at radius 1 is 1.06 bits per heavy atom. The van der Waals surface area contributed by atoms with Crippen molar-refractivity contribution >= 4 is 69.8 Å². The first-order valence-electron chi connectivity index (χ1n) is 20.3. The minimum Gasteiger partial charge on any atom is -0.491 e. The second-order valence-electron chi connectivity index (χ2n) is 16.7. The Hall–Kier alpha value is -5.59. The number of para-hydroxylation sites is 1. The standard InChI is InChI=1S/C45H54FN7O6S2Si/c1-10-11-14-24-52(38-28-31(2)40(50-49-38)48-43-53(30-57-26-27-62(7,8)9)34-18-12-13-19-36(34)60-43)42-47-39(41(54)55)37(61-42)20-16-25-58-35-22-21-32(29-33(35)46)17-15-23-51(6)44(56)59-45(3,4)5/h1,12-13,18-19,21-22,28-29H,11,14,16,20,23-27,30H2,2-9H3,(H,54,55)/b48-43-. The van der Waals surface area contributed by atoms with Gasteiger partial charge < -0.3 is 29.1 Å². The molecule has 3 heterocycles. The lowest BCUT2D eigenvalue weighted by Crippen LogP contribution is -2.34. The van der Waals surface area contributed by atoms with Crippen LogP contribution in [0.3, 0.4) is 0 Å². The average molecular weight is 900 g/mol. The van der Waals surface area contributed by atoms with Crippen LogP contribution in [0.2, 0.25) is 25.7 Å². The van der Waals surface area contributed by atoms with Crippen molar-refractivity contribution in [3.05, 3.63) is 80.8 Å². The van der Waals surface area contributed by atoms with Gasteiger partial charge in [0.2, 0.25) is 0 Å². The second kappa shape index (κ2) is 21.5. The summed E-state index contributed by atoms with van der Waals surface area (Å²) in [5.74, 6) is 7.59. The molecular formula is C45H54FN7O6S2Si. The predicted octanol–water partition coefficient (Wildman–Crippen LogP) is 9.42. The van der Waals surface area contributed by atoms with E-state index >= 15 is 0 Å². The number of nitrogens with zero attached hydrogens (tertiary/aromatic N) is 7. The first kappa shape index (κ1) is 47.5. The number of anilines is 2. The van der Waals surface area contributed by atoms with Crippen LogP contribution in [0.5, 0.6) is 5.75 Å². The summed E-state index contributed by atoms with van der Waals surface area (Å²) >= 11 is 2.79. The van der Waals surface area contributed by atoms with Crippen LogP contribution in [-0.4, -0.2) is 88.8 Å². The van der Waals surface area contributed by atoms with Crippen LogP contribution in [0.4, 0.5) is 26.0 Å². The fraction of sp³-hybridized carbons (Fsp3) is 0.422. The Morgan fingerprint density at radius 2 is 1.84 bits per heavy atom. The largest absolute Gasteiger partial charge is 0.491 e. The van der Waals surface area contributed by atoms with Gasteiger partial charge in [-0.05, 0) is 95.0 Å². The Balaban J connectivity index is 1.29. The fourth-order valence-electron chi connectivity index (χ4n) is 5.78. The van der Waals surface area contributed by atoms with Gasteiger partial charge in [-0.15, -0.1) is 33.9 Å². The predicted molar refractivity (Wildman–Crippen MR) is 246 cm³/mol. The number of ether oxygens (including phenoxy) is 3. The van der Waals surface area contributed by atoms with Crippen molar-refractivity contribution in [1.82, 2.24) is 24.6 Å². The quantitative estimate of drug-likeness (QED) is 0.0513. The number of terminal acetylenes is 1. The molecule has 0 saturated heterocycles. The monoisotopic (exact) mass is 899 g/mol. The molecule has 62 heavy (non-hydrogen) atoms. The highest BCUT2D eigenvalue weighted by atomic mass is 32.1. The molecule has 13 nitrogen and oxygen atoms in total. The molecule has 0 aliphatic rings. The smallest absolute Gasteiger partial charge is 0.410 e. The zero-order valence-corrected chi connectivity index (χ0v) is 39.2. The molecule has 17 heteroatoms. The molecule has 0 aliphatic carbocycles. The summed E-state index contributed by atoms with van der Waals surface area (Å²) < 4.78 is 35.3. The van der Waals surface area contributed by atoms with Crippen molar-refractivity contribution in [3.8, 4) is 29.9 Å². The third-order valence-corrected chi connectivity index (χ3v) is 12.9. The van der Waals surface area contributed by atoms with Gasteiger partial charge in [-0.2, -0.15) is 4.99 Å². The summed E-state index contributed by atoms with van der Waals surface area (Å²) in [5.41, 5.74) is 1.52. The molecule has 3 aromatic heterocycles. The highest BCUT2D eigenvalue weighted by Crippen LogP contribution is 2.33. The highest BCUT2D eigenvalue weighted by molar-refractivity contribution is 7.16. The van der Waals surface area contributed by atoms with E-state index in [9.17, 15) is 19.1 Å². The molecule has 5 rings (SSSR count). The van der Waals surface area contributed by atoms with Gasteiger partial charge >= 0.3 is 12.1 Å². The number of carboxylic acids is 1. The number of thiazole rings is 2. The Morgan fingerprint density at radius 3 is 2.53 bits per heavy atom. The number of benzene rings is 2. The van der Waals surface area contributed by atoms with E-state index in [4.69, 9.17) is 25.6 Å². The molecule has 0 unspecified atom stereocenters. The summed E-state index contributed by atoms with van der Waals surface area (Å²) in [6.45, 7) is 15.9. The number of unbranched alkanes of at least 4 members (excludes halogenated alkanes) is 1. The third-order valence-electron chi connectivity index (χ3n) is 9.04. The number of hydrogen-bond acceptors (Lipinski definition) is 12. The van der Waals surface area contributed by atoms with E-state index in [2.05, 4.69) is 69.3 Å². The topological polar surface area (TPSA) is 144 Å². The number of carbonyl (C=O) groups excluding carboxylic acids is 1. The molecule has 0 spiro atoms. The maximum Gasteiger partial charge on any atom is 0.410 e. The zero-order chi connectivity index (χ0) is 45.0. The summed E-state index contributed by atoms with van der Waals surface area (Å²) in [6, 6.07) is 15.4. The van der Waals surface area contributed by atoms with Crippen LogP contribution in [0.25, 0.3) is 10.2 Å². The van der Waals surface area contributed by atoms with Crippen molar-refractivity contribution in [2.24, 2.45) is 4.99 Å². The second-order valence-corrected chi connectivity index (χ2v) is 24.4. The van der Waals surface area contributed by atoms with Gasteiger partial charge in [-0.25, -0.2) is 19.0 Å². The number of fused-ring (bicyclic) bond motifs is 1. The lowest BCUT2D eigenvalue weighted by molar-refractivity contribution is 0.0320. The molecule has 1 N–H and O–H groups in total.